The molecule has 1 aromatic rings. The summed E-state index contributed by atoms with van der Waals surface area (Å²) in [5.74, 6) is 0.752. The van der Waals surface area contributed by atoms with Gasteiger partial charge in [0.2, 0.25) is 5.91 Å². The third-order valence-corrected chi connectivity index (χ3v) is 3.34. The average molecular weight is 246 g/mol. The molecule has 0 radical (unpaired) electrons. The Hall–Kier alpha value is -1.51. The summed E-state index contributed by atoms with van der Waals surface area (Å²) in [4.78, 5) is 16.3. The number of carbonyl (C=O) groups is 1. The van der Waals surface area contributed by atoms with E-state index in [2.05, 4.69) is 43.0 Å². The van der Waals surface area contributed by atoms with Gasteiger partial charge < -0.3 is 9.80 Å². The molecule has 1 saturated heterocycles. The van der Waals surface area contributed by atoms with Gasteiger partial charge in [-0.1, -0.05) is 32.0 Å². The van der Waals surface area contributed by atoms with Crippen molar-refractivity contribution >= 4 is 11.6 Å². The van der Waals surface area contributed by atoms with Gasteiger partial charge in [-0.05, 0) is 18.1 Å². The van der Waals surface area contributed by atoms with Crippen molar-refractivity contribution < 1.29 is 4.79 Å². The van der Waals surface area contributed by atoms with Gasteiger partial charge in [0.25, 0.3) is 0 Å². The van der Waals surface area contributed by atoms with Gasteiger partial charge in [-0.2, -0.15) is 0 Å². The van der Waals surface area contributed by atoms with E-state index in [1.54, 1.807) is 0 Å². The summed E-state index contributed by atoms with van der Waals surface area (Å²) in [6, 6.07) is 10.4. The van der Waals surface area contributed by atoms with E-state index in [0.717, 1.165) is 26.2 Å². The molecule has 3 heteroatoms. The fourth-order valence-corrected chi connectivity index (χ4v) is 2.33. The summed E-state index contributed by atoms with van der Waals surface area (Å²) in [7, 11) is 0. The average Bonchev–Trinajstić information content (AvgIpc) is 2.39. The first-order chi connectivity index (χ1) is 8.66. The molecule has 1 amide bonds. The SMILES string of the molecule is CC(C)CC(=O)N1CCN(c2ccccc2)CC1. The van der Waals surface area contributed by atoms with Crippen molar-refractivity contribution in [1.82, 2.24) is 4.90 Å². The van der Waals surface area contributed by atoms with E-state index in [0.29, 0.717) is 18.2 Å². The van der Waals surface area contributed by atoms with Gasteiger partial charge in [-0.25, -0.2) is 0 Å². The molecule has 0 saturated carbocycles. The number of hydrogen-bond acceptors (Lipinski definition) is 2. The fourth-order valence-electron chi connectivity index (χ4n) is 2.33. The number of para-hydroxylation sites is 1. The van der Waals surface area contributed by atoms with E-state index in [4.69, 9.17) is 0 Å². The normalized spacial score (nSPS) is 16.2. The number of benzene rings is 1. The molecule has 3 nitrogen and oxygen atoms in total. The Morgan fingerprint density at radius 2 is 1.72 bits per heavy atom. The van der Waals surface area contributed by atoms with Gasteiger partial charge in [0.05, 0.1) is 0 Å². The van der Waals surface area contributed by atoms with Crippen LogP contribution < -0.4 is 4.90 Å². The third kappa shape index (κ3) is 3.25. The van der Waals surface area contributed by atoms with Crippen molar-refractivity contribution in [1.29, 1.82) is 0 Å². The Morgan fingerprint density at radius 1 is 1.11 bits per heavy atom. The van der Waals surface area contributed by atoms with Crippen LogP contribution in [0.4, 0.5) is 5.69 Å². The Balaban J connectivity index is 1.87. The molecule has 0 spiro atoms. The van der Waals surface area contributed by atoms with Crippen LogP contribution >= 0.6 is 0 Å². The zero-order chi connectivity index (χ0) is 13.0. The van der Waals surface area contributed by atoms with Crippen LogP contribution in [0.25, 0.3) is 0 Å². The Morgan fingerprint density at radius 3 is 2.28 bits per heavy atom. The van der Waals surface area contributed by atoms with Crippen molar-refractivity contribution in [2.75, 3.05) is 31.1 Å². The number of piperazine rings is 1. The molecule has 0 aliphatic carbocycles. The summed E-state index contributed by atoms with van der Waals surface area (Å²) >= 11 is 0. The quantitative estimate of drug-likeness (QED) is 0.817. The molecule has 0 N–H and O–H groups in total. The van der Waals surface area contributed by atoms with Crippen molar-refractivity contribution in [3.05, 3.63) is 30.3 Å². The van der Waals surface area contributed by atoms with Crippen molar-refractivity contribution in [2.45, 2.75) is 20.3 Å². The van der Waals surface area contributed by atoms with Crippen LogP contribution in [0.1, 0.15) is 20.3 Å². The maximum Gasteiger partial charge on any atom is 0.222 e. The van der Waals surface area contributed by atoms with E-state index in [9.17, 15) is 4.79 Å². The zero-order valence-electron chi connectivity index (χ0n) is 11.3. The van der Waals surface area contributed by atoms with E-state index in [1.807, 2.05) is 11.0 Å². The lowest BCUT2D eigenvalue weighted by Crippen LogP contribution is -2.49. The van der Waals surface area contributed by atoms with Crippen LogP contribution in [0.3, 0.4) is 0 Å². The fraction of sp³-hybridized carbons (Fsp3) is 0.533. The second-order valence-corrected chi connectivity index (χ2v) is 5.30. The highest BCUT2D eigenvalue weighted by molar-refractivity contribution is 5.76. The van der Waals surface area contributed by atoms with Gasteiger partial charge in [0.15, 0.2) is 0 Å². The molecular formula is C15H22N2O. The van der Waals surface area contributed by atoms with Crippen molar-refractivity contribution in [3.8, 4) is 0 Å². The van der Waals surface area contributed by atoms with Crippen molar-refractivity contribution in [3.63, 3.8) is 0 Å². The summed E-state index contributed by atoms with van der Waals surface area (Å²) in [5, 5.41) is 0. The Labute approximate surface area is 109 Å². The van der Waals surface area contributed by atoms with Crippen LogP contribution in [0.2, 0.25) is 0 Å². The monoisotopic (exact) mass is 246 g/mol. The minimum atomic E-state index is 0.303. The number of nitrogens with zero attached hydrogens (tertiary/aromatic N) is 2. The molecule has 1 aromatic carbocycles. The van der Waals surface area contributed by atoms with E-state index in [-0.39, 0.29) is 0 Å². The van der Waals surface area contributed by atoms with Gasteiger partial charge in [0.1, 0.15) is 0 Å². The van der Waals surface area contributed by atoms with E-state index >= 15 is 0 Å². The number of carbonyl (C=O) groups excluding carboxylic acids is 1. The van der Waals surface area contributed by atoms with Gasteiger partial charge >= 0.3 is 0 Å². The van der Waals surface area contributed by atoms with Crippen LogP contribution in [-0.2, 0) is 4.79 Å². The minimum Gasteiger partial charge on any atom is -0.368 e. The topological polar surface area (TPSA) is 23.6 Å². The number of anilines is 1. The molecule has 1 aliphatic heterocycles. The highest BCUT2D eigenvalue weighted by atomic mass is 16.2. The first-order valence-corrected chi connectivity index (χ1v) is 6.74. The second-order valence-electron chi connectivity index (χ2n) is 5.30. The maximum absolute atomic E-state index is 12.0. The summed E-state index contributed by atoms with van der Waals surface area (Å²) in [6.45, 7) is 7.76. The maximum atomic E-state index is 12.0. The number of amides is 1. The lowest BCUT2D eigenvalue weighted by molar-refractivity contribution is -0.132. The highest BCUT2D eigenvalue weighted by Gasteiger charge is 2.21. The smallest absolute Gasteiger partial charge is 0.222 e. The van der Waals surface area contributed by atoms with E-state index < -0.39 is 0 Å². The molecule has 1 aliphatic rings. The van der Waals surface area contributed by atoms with Gasteiger partial charge in [-0.15, -0.1) is 0 Å². The molecule has 2 rings (SSSR count). The standard InChI is InChI=1S/C15H22N2O/c1-13(2)12-15(18)17-10-8-16(9-11-17)14-6-4-3-5-7-14/h3-7,13H,8-12H2,1-2H3. The number of rotatable bonds is 3. The highest BCUT2D eigenvalue weighted by Crippen LogP contribution is 2.16. The molecule has 0 unspecified atom stereocenters. The summed E-state index contributed by atoms with van der Waals surface area (Å²) in [5.41, 5.74) is 1.26. The predicted molar refractivity (Wildman–Crippen MR) is 74.7 cm³/mol. The predicted octanol–water partition coefficient (Wildman–Crippen LogP) is 2.38. The largest absolute Gasteiger partial charge is 0.368 e. The first-order valence-electron chi connectivity index (χ1n) is 6.74. The van der Waals surface area contributed by atoms with Crippen LogP contribution in [0.5, 0.6) is 0 Å². The summed E-state index contributed by atoms with van der Waals surface area (Å²) < 4.78 is 0. The lowest BCUT2D eigenvalue weighted by Gasteiger charge is -2.36. The van der Waals surface area contributed by atoms with Gasteiger partial charge in [0, 0.05) is 38.3 Å². The second kappa shape index (κ2) is 5.89. The minimum absolute atomic E-state index is 0.303. The molecule has 98 valence electrons. The molecule has 0 aromatic heterocycles. The van der Waals surface area contributed by atoms with Crippen LogP contribution in [0, 0.1) is 5.92 Å². The lowest BCUT2D eigenvalue weighted by atomic mass is 10.1. The Kier molecular flexibility index (Phi) is 4.24. The Bertz CT molecular complexity index is 381. The molecule has 1 heterocycles. The zero-order valence-corrected chi connectivity index (χ0v) is 11.3. The van der Waals surface area contributed by atoms with Crippen LogP contribution in [0.15, 0.2) is 30.3 Å². The molecular weight excluding hydrogens is 224 g/mol. The molecule has 0 bridgehead atoms. The van der Waals surface area contributed by atoms with Crippen LogP contribution in [-0.4, -0.2) is 37.0 Å². The third-order valence-electron chi connectivity index (χ3n) is 3.34. The van der Waals surface area contributed by atoms with Gasteiger partial charge in [-0.3, -0.25) is 4.79 Å². The van der Waals surface area contributed by atoms with E-state index in [1.165, 1.54) is 5.69 Å². The molecule has 0 atom stereocenters. The number of hydrogen-bond donors (Lipinski definition) is 0. The molecule has 1 fully saturated rings. The molecule has 18 heavy (non-hydrogen) atoms. The summed E-state index contributed by atoms with van der Waals surface area (Å²) in [6.07, 6.45) is 0.672. The van der Waals surface area contributed by atoms with Crippen molar-refractivity contribution in [2.24, 2.45) is 5.92 Å². The first kappa shape index (κ1) is 12.9.